The summed E-state index contributed by atoms with van der Waals surface area (Å²) in [7, 11) is -2.06. The molecule has 0 saturated heterocycles. The van der Waals surface area contributed by atoms with Crippen LogP contribution in [0.15, 0.2) is 77.7 Å². The van der Waals surface area contributed by atoms with Gasteiger partial charge in [-0.15, -0.1) is 0 Å². The van der Waals surface area contributed by atoms with Crippen LogP contribution >= 0.6 is 0 Å². The van der Waals surface area contributed by atoms with E-state index in [2.05, 4.69) is 5.32 Å². The van der Waals surface area contributed by atoms with E-state index >= 15 is 0 Å². The first-order valence-electron chi connectivity index (χ1n) is 9.06. The van der Waals surface area contributed by atoms with Gasteiger partial charge in [-0.05, 0) is 42.3 Å². The van der Waals surface area contributed by atoms with Crippen LogP contribution in [-0.2, 0) is 16.6 Å². The molecule has 28 heavy (non-hydrogen) atoms. The second kappa shape index (κ2) is 7.30. The standard InChI is InChI=1S/C22H22N2O3S/c1-16-6-5-7-18(14-16)22-23-20-8-3-4-9-21(20)28(25,26)24(22)15-17-10-12-19(27-2)13-11-17/h3-14,22-23H,15H2,1-2H3/t22-/m0/s1. The van der Waals surface area contributed by atoms with Gasteiger partial charge in [0.25, 0.3) is 0 Å². The van der Waals surface area contributed by atoms with Crippen LogP contribution in [0.2, 0.25) is 0 Å². The average molecular weight is 394 g/mol. The van der Waals surface area contributed by atoms with Gasteiger partial charge in [0.15, 0.2) is 0 Å². The van der Waals surface area contributed by atoms with Crippen molar-refractivity contribution in [1.82, 2.24) is 4.31 Å². The zero-order valence-corrected chi connectivity index (χ0v) is 16.6. The maximum atomic E-state index is 13.5. The van der Waals surface area contributed by atoms with Gasteiger partial charge in [-0.2, -0.15) is 4.31 Å². The highest BCUT2D eigenvalue weighted by Crippen LogP contribution is 2.39. The summed E-state index contributed by atoms with van der Waals surface area (Å²) in [5, 5.41) is 3.41. The van der Waals surface area contributed by atoms with E-state index in [-0.39, 0.29) is 6.54 Å². The van der Waals surface area contributed by atoms with Crippen molar-refractivity contribution in [3.63, 3.8) is 0 Å². The highest BCUT2D eigenvalue weighted by atomic mass is 32.2. The highest BCUT2D eigenvalue weighted by molar-refractivity contribution is 7.89. The fraction of sp³-hybridized carbons (Fsp3) is 0.182. The van der Waals surface area contributed by atoms with Gasteiger partial charge in [-0.1, -0.05) is 54.1 Å². The molecule has 3 aromatic rings. The number of hydrogen-bond acceptors (Lipinski definition) is 4. The molecule has 0 amide bonds. The van der Waals surface area contributed by atoms with Crippen LogP contribution in [0.1, 0.15) is 22.9 Å². The molecule has 0 spiro atoms. The van der Waals surface area contributed by atoms with E-state index in [4.69, 9.17) is 4.74 Å². The Hall–Kier alpha value is -2.83. The van der Waals surface area contributed by atoms with Crippen LogP contribution in [-0.4, -0.2) is 19.8 Å². The molecule has 0 unspecified atom stereocenters. The average Bonchev–Trinajstić information content (AvgIpc) is 2.70. The van der Waals surface area contributed by atoms with E-state index < -0.39 is 16.2 Å². The minimum absolute atomic E-state index is 0.256. The van der Waals surface area contributed by atoms with Crippen LogP contribution in [0.5, 0.6) is 5.75 Å². The molecular formula is C22H22N2O3S. The van der Waals surface area contributed by atoms with Crippen molar-refractivity contribution < 1.29 is 13.2 Å². The zero-order valence-electron chi connectivity index (χ0n) is 15.8. The Bertz CT molecular complexity index is 1090. The number of para-hydroxylation sites is 1. The van der Waals surface area contributed by atoms with Gasteiger partial charge in [0.1, 0.15) is 16.8 Å². The third kappa shape index (κ3) is 3.37. The Morgan fingerprint density at radius 3 is 2.46 bits per heavy atom. The van der Waals surface area contributed by atoms with E-state index in [1.807, 2.05) is 61.5 Å². The van der Waals surface area contributed by atoms with Gasteiger partial charge in [-0.3, -0.25) is 0 Å². The van der Waals surface area contributed by atoms with E-state index in [0.717, 1.165) is 22.4 Å². The molecule has 1 aliphatic rings. The van der Waals surface area contributed by atoms with Gasteiger partial charge in [-0.25, -0.2) is 8.42 Å². The van der Waals surface area contributed by atoms with E-state index in [1.165, 1.54) is 4.31 Å². The molecule has 4 rings (SSSR count). The number of methoxy groups -OCH3 is 1. The number of ether oxygens (including phenoxy) is 1. The number of sulfonamides is 1. The third-order valence-corrected chi connectivity index (χ3v) is 6.78. The normalized spacial score (nSPS) is 18.1. The number of hydrogen-bond donors (Lipinski definition) is 1. The summed E-state index contributed by atoms with van der Waals surface area (Å²) in [5.41, 5.74) is 3.51. The first-order valence-corrected chi connectivity index (χ1v) is 10.5. The minimum Gasteiger partial charge on any atom is -0.497 e. The third-order valence-electron chi connectivity index (χ3n) is 4.91. The summed E-state index contributed by atoms with van der Waals surface area (Å²) in [6, 6.07) is 22.4. The number of nitrogens with one attached hydrogen (secondary N) is 1. The maximum absolute atomic E-state index is 13.5. The minimum atomic E-state index is -3.67. The Labute approximate surface area is 165 Å². The topological polar surface area (TPSA) is 58.6 Å². The number of anilines is 1. The molecule has 0 aromatic heterocycles. The molecule has 1 aliphatic heterocycles. The lowest BCUT2D eigenvalue weighted by molar-refractivity contribution is 0.336. The maximum Gasteiger partial charge on any atom is 0.247 e. The molecule has 1 heterocycles. The molecule has 6 heteroatoms. The summed E-state index contributed by atoms with van der Waals surface area (Å²) >= 11 is 0. The summed E-state index contributed by atoms with van der Waals surface area (Å²) in [4.78, 5) is 0.299. The van der Waals surface area contributed by atoms with Gasteiger partial charge >= 0.3 is 0 Å². The fourth-order valence-corrected chi connectivity index (χ4v) is 5.15. The molecule has 5 nitrogen and oxygen atoms in total. The number of nitrogens with zero attached hydrogens (tertiary/aromatic N) is 1. The van der Waals surface area contributed by atoms with Gasteiger partial charge in [0.2, 0.25) is 10.0 Å². The first kappa shape index (κ1) is 18.5. The lowest BCUT2D eigenvalue weighted by atomic mass is 10.1. The second-order valence-corrected chi connectivity index (χ2v) is 8.71. The SMILES string of the molecule is COc1ccc(CN2[C@@H](c3cccc(C)c3)Nc3ccccc3S2(=O)=O)cc1. The summed E-state index contributed by atoms with van der Waals surface area (Å²) in [5.74, 6) is 0.740. The largest absolute Gasteiger partial charge is 0.497 e. The molecule has 3 aromatic carbocycles. The van der Waals surface area contributed by atoms with Crippen LogP contribution in [0.4, 0.5) is 5.69 Å². The van der Waals surface area contributed by atoms with E-state index in [1.54, 1.807) is 25.3 Å². The fourth-order valence-electron chi connectivity index (χ4n) is 3.47. The Morgan fingerprint density at radius 1 is 1.00 bits per heavy atom. The van der Waals surface area contributed by atoms with Gasteiger partial charge < -0.3 is 10.1 Å². The summed E-state index contributed by atoms with van der Waals surface area (Å²) in [6.07, 6.45) is -0.484. The number of rotatable bonds is 4. The van der Waals surface area contributed by atoms with Crippen LogP contribution in [0.3, 0.4) is 0 Å². The molecule has 1 atom stereocenters. The monoisotopic (exact) mass is 394 g/mol. The Kier molecular flexibility index (Phi) is 4.83. The molecule has 144 valence electrons. The van der Waals surface area contributed by atoms with Crippen molar-refractivity contribution in [2.24, 2.45) is 0 Å². The molecule has 1 N–H and O–H groups in total. The number of benzene rings is 3. The van der Waals surface area contributed by atoms with Gasteiger partial charge in [0, 0.05) is 6.54 Å². The zero-order chi connectivity index (χ0) is 19.7. The number of aryl methyl sites for hydroxylation is 1. The first-order chi connectivity index (χ1) is 13.5. The lowest BCUT2D eigenvalue weighted by Crippen LogP contribution is -2.42. The van der Waals surface area contributed by atoms with Crippen molar-refractivity contribution >= 4 is 15.7 Å². The van der Waals surface area contributed by atoms with Crippen LogP contribution in [0.25, 0.3) is 0 Å². The quantitative estimate of drug-likeness (QED) is 0.716. The summed E-state index contributed by atoms with van der Waals surface area (Å²) < 4.78 is 33.6. The predicted molar refractivity (Wildman–Crippen MR) is 110 cm³/mol. The second-order valence-electron chi connectivity index (χ2n) is 6.86. The van der Waals surface area contributed by atoms with E-state index in [0.29, 0.717) is 10.6 Å². The van der Waals surface area contributed by atoms with Gasteiger partial charge in [0.05, 0.1) is 12.8 Å². The van der Waals surface area contributed by atoms with Crippen molar-refractivity contribution in [2.45, 2.75) is 24.5 Å². The van der Waals surface area contributed by atoms with Crippen LogP contribution in [0, 0.1) is 6.92 Å². The van der Waals surface area contributed by atoms with Crippen LogP contribution < -0.4 is 10.1 Å². The molecule has 0 bridgehead atoms. The van der Waals surface area contributed by atoms with Crippen molar-refractivity contribution in [3.8, 4) is 5.75 Å². The highest BCUT2D eigenvalue weighted by Gasteiger charge is 2.38. The number of fused-ring (bicyclic) bond motifs is 1. The predicted octanol–water partition coefficient (Wildman–Crippen LogP) is 4.32. The lowest BCUT2D eigenvalue weighted by Gasteiger charge is -2.37. The molecule has 0 aliphatic carbocycles. The summed E-state index contributed by atoms with van der Waals surface area (Å²) in [6.45, 7) is 2.26. The Morgan fingerprint density at radius 2 is 1.75 bits per heavy atom. The van der Waals surface area contributed by atoms with E-state index in [9.17, 15) is 8.42 Å². The smallest absolute Gasteiger partial charge is 0.247 e. The van der Waals surface area contributed by atoms with Crippen molar-refractivity contribution in [1.29, 1.82) is 0 Å². The molecule has 0 saturated carbocycles. The van der Waals surface area contributed by atoms with Crippen molar-refractivity contribution in [2.75, 3.05) is 12.4 Å². The Balaban J connectivity index is 1.80. The van der Waals surface area contributed by atoms with Crippen molar-refractivity contribution in [3.05, 3.63) is 89.5 Å². The molecular weight excluding hydrogens is 372 g/mol. The molecule has 0 fully saturated rings. The molecule has 0 radical (unpaired) electrons.